The molecule has 2 nitrogen and oxygen atoms in total. The summed E-state index contributed by atoms with van der Waals surface area (Å²) in [6.45, 7) is 5.85. The van der Waals surface area contributed by atoms with Crippen molar-refractivity contribution in [2.45, 2.75) is 51.4 Å². The fourth-order valence-electron chi connectivity index (χ4n) is 5.27. The summed E-state index contributed by atoms with van der Waals surface area (Å²) in [4.78, 5) is 12.4. The number of rotatable bonds is 4. The molecule has 0 N–H and O–H groups in total. The molecular formula is C26H28F2O2. The van der Waals surface area contributed by atoms with E-state index in [1.54, 1.807) is 12.1 Å². The van der Waals surface area contributed by atoms with Crippen molar-refractivity contribution >= 4 is 5.97 Å². The maximum Gasteiger partial charge on any atom is 0.343 e. The highest BCUT2D eigenvalue weighted by Gasteiger charge is 2.37. The second kappa shape index (κ2) is 8.71. The molecule has 158 valence electrons. The van der Waals surface area contributed by atoms with Crippen molar-refractivity contribution in [1.29, 1.82) is 0 Å². The molecule has 0 spiro atoms. The van der Waals surface area contributed by atoms with Crippen LogP contribution in [0.2, 0.25) is 0 Å². The second-order valence-corrected chi connectivity index (χ2v) is 8.90. The zero-order valence-corrected chi connectivity index (χ0v) is 17.4. The summed E-state index contributed by atoms with van der Waals surface area (Å²) >= 11 is 0. The molecular weight excluding hydrogens is 382 g/mol. The van der Waals surface area contributed by atoms with Crippen molar-refractivity contribution in [3.63, 3.8) is 0 Å². The van der Waals surface area contributed by atoms with Gasteiger partial charge in [-0.25, -0.2) is 13.6 Å². The first-order valence-electron chi connectivity index (χ1n) is 10.8. The molecule has 0 heterocycles. The molecule has 2 aromatic rings. The van der Waals surface area contributed by atoms with Crippen LogP contribution in [-0.2, 0) is 0 Å². The summed E-state index contributed by atoms with van der Waals surface area (Å²) in [5.74, 6) is -0.0941. The number of esters is 1. The average Bonchev–Trinajstić information content (AvgIpc) is 2.74. The standard InChI is InChI=1S/C26H28F2O2/c1-3-17-6-7-19-13-20(9-8-18(19)12-17)25-23(27)14-21(15-24(25)28)26(29)30-22-10-4-16(2)5-11-22/h3-5,10-11,14-15,17-20H,1,6-9,12-13H2,2H3. The molecule has 4 unspecified atom stereocenters. The number of hydrogen-bond acceptors (Lipinski definition) is 2. The lowest BCUT2D eigenvalue weighted by atomic mass is 9.64. The van der Waals surface area contributed by atoms with Crippen LogP contribution in [0.3, 0.4) is 0 Å². The number of hydrogen-bond donors (Lipinski definition) is 0. The summed E-state index contributed by atoms with van der Waals surface area (Å²) < 4.78 is 35.1. The number of carbonyl (C=O) groups is 1. The summed E-state index contributed by atoms with van der Waals surface area (Å²) in [6.07, 6.45) is 8.01. The van der Waals surface area contributed by atoms with E-state index in [4.69, 9.17) is 4.74 Å². The Morgan fingerprint density at radius 2 is 1.63 bits per heavy atom. The van der Waals surface area contributed by atoms with Crippen LogP contribution in [0.15, 0.2) is 49.1 Å². The first-order valence-corrected chi connectivity index (χ1v) is 10.8. The predicted octanol–water partition coefficient (Wildman–Crippen LogP) is 6.98. The van der Waals surface area contributed by atoms with Gasteiger partial charge in [-0.2, -0.15) is 0 Å². The molecule has 0 saturated heterocycles. The Morgan fingerprint density at radius 1 is 1.00 bits per heavy atom. The van der Waals surface area contributed by atoms with Gasteiger partial charge in [0.05, 0.1) is 5.56 Å². The van der Waals surface area contributed by atoms with Gasteiger partial charge in [-0.15, -0.1) is 6.58 Å². The van der Waals surface area contributed by atoms with Crippen molar-refractivity contribution < 1.29 is 18.3 Å². The van der Waals surface area contributed by atoms with Gasteiger partial charge >= 0.3 is 5.97 Å². The Labute approximate surface area is 177 Å². The zero-order valence-electron chi connectivity index (χ0n) is 17.4. The second-order valence-electron chi connectivity index (χ2n) is 8.90. The lowest BCUT2D eigenvalue weighted by Gasteiger charge is -2.41. The quantitative estimate of drug-likeness (QED) is 0.309. The number of halogens is 2. The van der Waals surface area contributed by atoms with Gasteiger partial charge in [-0.05, 0) is 93.4 Å². The van der Waals surface area contributed by atoms with Crippen molar-refractivity contribution in [3.05, 3.63) is 77.4 Å². The molecule has 2 aromatic carbocycles. The minimum atomic E-state index is -0.755. The Bertz CT molecular complexity index is 912. The molecule has 4 heteroatoms. The number of carbonyl (C=O) groups excluding carboxylic acids is 1. The normalized spacial score (nSPS) is 26.0. The van der Waals surface area contributed by atoms with E-state index in [-0.39, 0.29) is 17.0 Å². The summed E-state index contributed by atoms with van der Waals surface area (Å²) in [5.41, 5.74) is 1.06. The average molecular weight is 411 g/mol. The third-order valence-electron chi connectivity index (χ3n) is 6.94. The largest absolute Gasteiger partial charge is 0.423 e. The van der Waals surface area contributed by atoms with E-state index in [2.05, 4.69) is 12.7 Å². The molecule has 0 bridgehead atoms. The van der Waals surface area contributed by atoms with E-state index < -0.39 is 17.6 Å². The lowest BCUT2D eigenvalue weighted by Crippen LogP contribution is -2.30. The van der Waals surface area contributed by atoms with Crippen LogP contribution >= 0.6 is 0 Å². The van der Waals surface area contributed by atoms with E-state index in [0.29, 0.717) is 23.5 Å². The fraction of sp³-hybridized carbons (Fsp3) is 0.423. The molecule has 0 aromatic heterocycles. The topological polar surface area (TPSA) is 26.3 Å². The van der Waals surface area contributed by atoms with Crippen LogP contribution in [0, 0.1) is 36.3 Å². The molecule has 30 heavy (non-hydrogen) atoms. The fourth-order valence-corrected chi connectivity index (χ4v) is 5.27. The van der Waals surface area contributed by atoms with Crippen molar-refractivity contribution in [1.82, 2.24) is 0 Å². The van der Waals surface area contributed by atoms with E-state index in [1.165, 1.54) is 0 Å². The van der Waals surface area contributed by atoms with Gasteiger partial charge in [0, 0.05) is 5.56 Å². The van der Waals surface area contributed by atoms with E-state index in [9.17, 15) is 13.6 Å². The van der Waals surface area contributed by atoms with Crippen molar-refractivity contribution in [3.8, 4) is 5.75 Å². The van der Waals surface area contributed by atoms with Crippen LogP contribution in [0.1, 0.15) is 65.9 Å². The maximum absolute atomic E-state index is 14.9. The molecule has 2 aliphatic carbocycles. The SMILES string of the molecule is C=CC1CCC2CC(c3c(F)cc(C(=O)Oc4ccc(C)cc4)cc3F)CCC2C1. The van der Waals surface area contributed by atoms with E-state index in [1.807, 2.05) is 19.1 Å². The van der Waals surface area contributed by atoms with Crippen LogP contribution in [0.25, 0.3) is 0 Å². The molecule has 0 amide bonds. The molecule has 4 rings (SSSR count). The van der Waals surface area contributed by atoms with Crippen LogP contribution in [0.4, 0.5) is 8.78 Å². The highest BCUT2D eigenvalue weighted by atomic mass is 19.1. The zero-order chi connectivity index (χ0) is 21.3. The number of fused-ring (bicyclic) bond motifs is 1. The first kappa shape index (κ1) is 20.8. The highest BCUT2D eigenvalue weighted by molar-refractivity contribution is 5.91. The van der Waals surface area contributed by atoms with Gasteiger partial charge in [-0.3, -0.25) is 0 Å². The monoisotopic (exact) mass is 410 g/mol. The third kappa shape index (κ3) is 4.33. The Morgan fingerprint density at radius 3 is 2.30 bits per heavy atom. The lowest BCUT2D eigenvalue weighted by molar-refractivity contribution is 0.0733. The molecule has 4 atom stereocenters. The summed E-state index contributed by atoms with van der Waals surface area (Å²) in [7, 11) is 0. The number of ether oxygens (including phenoxy) is 1. The summed E-state index contributed by atoms with van der Waals surface area (Å²) in [6, 6.07) is 9.18. The van der Waals surface area contributed by atoms with Crippen molar-refractivity contribution in [2.24, 2.45) is 17.8 Å². The Kier molecular flexibility index (Phi) is 6.03. The number of aryl methyl sites for hydroxylation is 1. The Hall–Kier alpha value is -2.49. The molecule has 2 fully saturated rings. The van der Waals surface area contributed by atoms with Crippen LogP contribution < -0.4 is 4.74 Å². The van der Waals surface area contributed by atoms with Gasteiger partial charge in [0.15, 0.2) is 0 Å². The minimum absolute atomic E-state index is 0.102. The molecule has 2 aliphatic rings. The molecule has 0 aliphatic heterocycles. The minimum Gasteiger partial charge on any atom is -0.423 e. The smallest absolute Gasteiger partial charge is 0.343 e. The summed E-state index contributed by atoms with van der Waals surface area (Å²) in [5, 5.41) is 0. The molecule has 0 radical (unpaired) electrons. The third-order valence-corrected chi connectivity index (χ3v) is 6.94. The van der Waals surface area contributed by atoms with Gasteiger partial charge in [-0.1, -0.05) is 23.8 Å². The van der Waals surface area contributed by atoms with E-state index >= 15 is 0 Å². The van der Waals surface area contributed by atoms with Crippen molar-refractivity contribution in [2.75, 3.05) is 0 Å². The van der Waals surface area contributed by atoms with Gasteiger partial charge in [0.2, 0.25) is 0 Å². The Balaban J connectivity index is 1.48. The number of benzene rings is 2. The molecule has 2 saturated carbocycles. The van der Waals surface area contributed by atoms with Gasteiger partial charge in [0.25, 0.3) is 0 Å². The number of allylic oxidation sites excluding steroid dienone is 1. The van der Waals surface area contributed by atoms with E-state index in [0.717, 1.165) is 56.2 Å². The van der Waals surface area contributed by atoms with Gasteiger partial charge in [0.1, 0.15) is 17.4 Å². The van der Waals surface area contributed by atoms with Crippen LogP contribution in [-0.4, -0.2) is 5.97 Å². The first-order chi connectivity index (χ1) is 14.4. The van der Waals surface area contributed by atoms with Gasteiger partial charge < -0.3 is 4.74 Å². The predicted molar refractivity (Wildman–Crippen MR) is 114 cm³/mol. The van der Waals surface area contributed by atoms with Crippen LogP contribution in [0.5, 0.6) is 5.75 Å². The maximum atomic E-state index is 14.9. The highest BCUT2D eigenvalue weighted by Crippen LogP contribution is 2.48.